The molecule has 0 saturated carbocycles. The van der Waals surface area contributed by atoms with Crippen molar-refractivity contribution in [2.75, 3.05) is 18.9 Å². The van der Waals surface area contributed by atoms with Gasteiger partial charge in [0.25, 0.3) is 0 Å². The van der Waals surface area contributed by atoms with Gasteiger partial charge in [-0.15, -0.1) is 0 Å². The zero-order chi connectivity index (χ0) is 14.9. The smallest absolute Gasteiger partial charge is 0.154 e. The van der Waals surface area contributed by atoms with Crippen molar-refractivity contribution in [2.24, 2.45) is 0 Å². The van der Waals surface area contributed by atoms with Gasteiger partial charge in [0.2, 0.25) is 0 Å². The molecule has 1 N–H and O–H groups in total. The van der Waals surface area contributed by atoms with E-state index in [1.54, 1.807) is 0 Å². The number of hydrogen-bond acceptors (Lipinski definition) is 4. The summed E-state index contributed by atoms with van der Waals surface area (Å²) in [5.41, 5.74) is 1.12. The number of nitrogens with one attached hydrogen (secondary N) is 1. The number of para-hydroxylation sites is 1. The molecule has 0 bridgehead atoms. The van der Waals surface area contributed by atoms with Crippen LogP contribution in [0.15, 0.2) is 22.7 Å². The van der Waals surface area contributed by atoms with Crippen LogP contribution < -0.4 is 10.1 Å². The summed E-state index contributed by atoms with van der Waals surface area (Å²) in [6.45, 7) is 1.24. The van der Waals surface area contributed by atoms with E-state index in [1.807, 2.05) is 12.1 Å². The molecule has 0 unspecified atom stereocenters. The normalized spacial score (nSPS) is 27.7. The Bertz CT molecular complexity index is 617. The van der Waals surface area contributed by atoms with E-state index in [0.717, 1.165) is 41.5 Å². The largest absolute Gasteiger partial charge is 0.492 e. The van der Waals surface area contributed by atoms with Crippen LogP contribution in [-0.4, -0.2) is 32.6 Å². The Morgan fingerprint density at radius 2 is 2.14 bits per heavy atom. The molecule has 2 atom stereocenters. The molecule has 1 fully saturated rings. The number of fused-ring (bicyclic) bond motifs is 1. The summed E-state index contributed by atoms with van der Waals surface area (Å²) in [7, 11) is -2.89. The van der Waals surface area contributed by atoms with Gasteiger partial charge in [-0.25, -0.2) is 8.42 Å². The van der Waals surface area contributed by atoms with E-state index >= 15 is 0 Å². The van der Waals surface area contributed by atoms with Gasteiger partial charge in [-0.1, -0.05) is 12.1 Å². The van der Waals surface area contributed by atoms with Gasteiger partial charge >= 0.3 is 0 Å². The first-order valence-electron chi connectivity index (χ1n) is 7.44. The quantitative estimate of drug-likeness (QED) is 0.884. The van der Waals surface area contributed by atoms with Gasteiger partial charge in [-0.05, 0) is 47.7 Å². The lowest BCUT2D eigenvalue weighted by atomic mass is 10.0. The Kier molecular flexibility index (Phi) is 4.57. The van der Waals surface area contributed by atoms with Crippen molar-refractivity contribution in [3.8, 4) is 5.75 Å². The van der Waals surface area contributed by atoms with Gasteiger partial charge in [0.1, 0.15) is 5.75 Å². The molecule has 4 nitrogen and oxygen atoms in total. The van der Waals surface area contributed by atoms with Crippen LogP contribution in [0.2, 0.25) is 0 Å². The molecule has 3 rings (SSSR count). The Morgan fingerprint density at radius 3 is 2.90 bits per heavy atom. The zero-order valence-electron chi connectivity index (χ0n) is 11.8. The molecule has 1 aromatic carbocycles. The molecule has 2 heterocycles. The molecule has 0 aromatic heterocycles. The van der Waals surface area contributed by atoms with Crippen LogP contribution in [0.4, 0.5) is 0 Å². The first-order chi connectivity index (χ1) is 10.1. The third kappa shape index (κ3) is 3.27. The molecule has 0 radical (unpaired) electrons. The summed E-state index contributed by atoms with van der Waals surface area (Å²) in [6.07, 6.45) is 3.51. The highest BCUT2D eigenvalue weighted by Gasteiger charge is 2.32. The average molecular weight is 374 g/mol. The predicted octanol–water partition coefficient (Wildman–Crippen LogP) is 2.83. The van der Waals surface area contributed by atoms with Crippen LogP contribution in [0.5, 0.6) is 5.75 Å². The summed E-state index contributed by atoms with van der Waals surface area (Å²) >= 11 is 3.53. The van der Waals surface area contributed by atoms with Gasteiger partial charge in [-0.2, -0.15) is 0 Å². The van der Waals surface area contributed by atoms with Crippen LogP contribution in [0.1, 0.15) is 37.3 Å². The fourth-order valence-electron chi connectivity index (χ4n) is 3.14. The number of ether oxygens (including phenoxy) is 1. The van der Waals surface area contributed by atoms with Crippen molar-refractivity contribution in [2.45, 2.75) is 37.0 Å². The molecule has 116 valence electrons. The van der Waals surface area contributed by atoms with E-state index < -0.39 is 9.84 Å². The van der Waals surface area contributed by atoms with E-state index in [9.17, 15) is 8.42 Å². The lowest BCUT2D eigenvalue weighted by molar-refractivity contribution is 0.313. The minimum atomic E-state index is -2.89. The van der Waals surface area contributed by atoms with Crippen molar-refractivity contribution in [1.29, 1.82) is 0 Å². The maximum Gasteiger partial charge on any atom is 0.154 e. The second-order valence-electron chi connectivity index (χ2n) is 5.74. The van der Waals surface area contributed by atoms with Gasteiger partial charge < -0.3 is 10.1 Å². The summed E-state index contributed by atoms with van der Waals surface area (Å²) < 4.78 is 30.6. The Balaban J connectivity index is 1.76. The Labute approximate surface area is 134 Å². The number of benzene rings is 1. The van der Waals surface area contributed by atoms with E-state index in [4.69, 9.17) is 4.74 Å². The van der Waals surface area contributed by atoms with Gasteiger partial charge in [0.15, 0.2) is 9.84 Å². The van der Waals surface area contributed by atoms with Crippen molar-refractivity contribution in [3.05, 3.63) is 28.2 Å². The molecule has 0 spiro atoms. The maximum atomic E-state index is 11.9. The summed E-state index contributed by atoms with van der Waals surface area (Å²) in [6, 6.07) is 6.20. The highest BCUT2D eigenvalue weighted by atomic mass is 79.9. The van der Waals surface area contributed by atoms with Gasteiger partial charge in [0.05, 0.1) is 22.1 Å². The highest BCUT2D eigenvalue weighted by Crippen LogP contribution is 2.37. The van der Waals surface area contributed by atoms with E-state index in [2.05, 4.69) is 27.3 Å². The van der Waals surface area contributed by atoms with Gasteiger partial charge in [-0.3, -0.25) is 0 Å². The topological polar surface area (TPSA) is 55.4 Å². The Morgan fingerprint density at radius 1 is 1.29 bits per heavy atom. The number of halogens is 1. The monoisotopic (exact) mass is 373 g/mol. The second kappa shape index (κ2) is 6.26. The number of hydrogen-bond donors (Lipinski definition) is 1. The molecule has 1 aromatic rings. The third-order valence-electron chi connectivity index (χ3n) is 4.31. The van der Waals surface area contributed by atoms with E-state index in [-0.39, 0.29) is 11.3 Å². The minimum absolute atomic E-state index is 0.163. The lowest BCUT2D eigenvalue weighted by Gasteiger charge is -2.21. The van der Waals surface area contributed by atoms with Crippen molar-refractivity contribution >= 4 is 25.8 Å². The lowest BCUT2D eigenvalue weighted by Crippen LogP contribution is -2.33. The summed E-state index contributed by atoms with van der Waals surface area (Å²) in [4.78, 5) is 0. The molecule has 2 aliphatic rings. The van der Waals surface area contributed by atoms with Crippen LogP contribution in [0.3, 0.4) is 0 Å². The third-order valence-corrected chi connectivity index (χ3v) is 7.21. The Hall–Kier alpha value is -0.590. The van der Waals surface area contributed by atoms with Crippen molar-refractivity contribution < 1.29 is 13.2 Å². The van der Waals surface area contributed by atoms with Crippen LogP contribution in [0, 0.1) is 0 Å². The molecule has 2 aliphatic heterocycles. The van der Waals surface area contributed by atoms with E-state index in [0.29, 0.717) is 18.9 Å². The average Bonchev–Trinajstić information content (AvgIpc) is 2.67. The second-order valence-corrected chi connectivity index (χ2v) is 9.00. The zero-order valence-corrected chi connectivity index (χ0v) is 14.2. The van der Waals surface area contributed by atoms with Crippen LogP contribution in [-0.2, 0) is 9.84 Å². The molecule has 0 amide bonds. The fraction of sp³-hybridized carbons (Fsp3) is 0.600. The van der Waals surface area contributed by atoms with Crippen molar-refractivity contribution in [1.82, 2.24) is 5.32 Å². The molecule has 21 heavy (non-hydrogen) atoms. The minimum Gasteiger partial charge on any atom is -0.492 e. The first kappa shape index (κ1) is 15.3. The molecule has 6 heteroatoms. The predicted molar refractivity (Wildman–Crippen MR) is 86.4 cm³/mol. The SMILES string of the molecule is O=S1(=O)CCC[C@@H]1CN[C@H]1CCCOc2c(Br)cccc21. The van der Waals surface area contributed by atoms with Crippen LogP contribution in [0.25, 0.3) is 0 Å². The van der Waals surface area contributed by atoms with E-state index in [1.165, 1.54) is 0 Å². The first-order valence-corrected chi connectivity index (χ1v) is 9.95. The number of sulfone groups is 1. The summed E-state index contributed by atoms with van der Waals surface area (Å²) in [5, 5.41) is 3.24. The van der Waals surface area contributed by atoms with Crippen LogP contribution >= 0.6 is 15.9 Å². The maximum absolute atomic E-state index is 11.9. The number of rotatable bonds is 3. The molecular formula is C15H20BrNO3S. The fourth-order valence-corrected chi connectivity index (χ4v) is 5.42. The highest BCUT2D eigenvalue weighted by molar-refractivity contribution is 9.10. The molecular weight excluding hydrogens is 354 g/mol. The standard InChI is InChI=1S/C15H20BrNO3S/c16-13-6-1-5-12-14(7-2-8-20-15(12)13)17-10-11-4-3-9-21(11,18)19/h1,5-6,11,14,17H,2-4,7-10H2/t11-,14+/m1/s1. The molecule has 0 aliphatic carbocycles. The van der Waals surface area contributed by atoms with Crippen molar-refractivity contribution in [3.63, 3.8) is 0 Å². The van der Waals surface area contributed by atoms with Gasteiger partial charge in [0, 0.05) is 18.2 Å². The summed E-state index contributed by atoms with van der Waals surface area (Å²) in [5.74, 6) is 1.23. The molecule has 1 saturated heterocycles.